The Morgan fingerprint density at radius 3 is 2.30 bits per heavy atom. The molecule has 0 bridgehead atoms. The Kier molecular flexibility index (Phi) is 5.80. The van der Waals surface area contributed by atoms with E-state index in [9.17, 15) is 13.2 Å². The van der Waals surface area contributed by atoms with Crippen LogP contribution in [0.25, 0.3) is 0 Å². The topological polar surface area (TPSA) is 63.2 Å². The van der Waals surface area contributed by atoms with Crippen molar-refractivity contribution < 1.29 is 13.2 Å². The van der Waals surface area contributed by atoms with E-state index in [1.165, 1.54) is 24.3 Å². The molecule has 0 fully saturated rings. The minimum Gasteiger partial charge on any atom is -0.350 e. The van der Waals surface area contributed by atoms with E-state index in [0.29, 0.717) is 5.02 Å². The highest BCUT2D eigenvalue weighted by Gasteiger charge is 2.17. The molecule has 2 aromatic rings. The zero-order valence-corrected chi connectivity index (χ0v) is 14.3. The molecular formula is C17H18ClNO3S. The molecule has 1 atom stereocenters. The first kappa shape index (κ1) is 17.5. The van der Waals surface area contributed by atoms with E-state index < -0.39 is 9.84 Å². The standard InChI is InChI=1S/C17H18ClNO3S/c1-13(14-5-3-2-4-6-14)19-17(20)11-12-23(21,22)16-9-7-15(18)8-10-16/h2-10,13H,11-12H2,1H3,(H,19,20). The third-order valence-electron chi connectivity index (χ3n) is 3.45. The van der Waals surface area contributed by atoms with Gasteiger partial charge >= 0.3 is 0 Å². The maximum absolute atomic E-state index is 12.2. The number of hydrogen-bond acceptors (Lipinski definition) is 3. The monoisotopic (exact) mass is 351 g/mol. The van der Waals surface area contributed by atoms with Gasteiger partial charge in [0.1, 0.15) is 0 Å². The molecule has 1 amide bonds. The van der Waals surface area contributed by atoms with Crippen LogP contribution in [-0.4, -0.2) is 20.1 Å². The molecule has 0 aromatic heterocycles. The van der Waals surface area contributed by atoms with Gasteiger partial charge in [-0.3, -0.25) is 4.79 Å². The predicted octanol–water partition coefficient (Wildman–Crippen LogP) is 3.38. The summed E-state index contributed by atoms with van der Waals surface area (Å²) in [7, 11) is -3.49. The first-order chi connectivity index (χ1) is 10.9. The first-order valence-electron chi connectivity index (χ1n) is 7.21. The van der Waals surface area contributed by atoms with Crippen LogP contribution < -0.4 is 5.32 Å². The van der Waals surface area contributed by atoms with Gasteiger partial charge in [-0.15, -0.1) is 0 Å². The fourth-order valence-electron chi connectivity index (χ4n) is 2.13. The van der Waals surface area contributed by atoms with Crippen molar-refractivity contribution in [2.75, 3.05) is 5.75 Å². The van der Waals surface area contributed by atoms with Gasteiger partial charge in [0.2, 0.25) is 5.91 Å². The smallest absolute Gasteiger partial charge is 0.221 e. The van der Waals surface area contributed by atoms with Crippen molar-refractivity contribution in [1.82, 2.24) is 5.32 Å². The highest BCUT2D eigenvalue weighted by molar-refractivity contribution is 7.91. The number of benzene rings is 2. The van der Waals surface area contributed by atoms with Crippen molar-refractivity contribution >= 4 is 27.3 Å². The molecule has 0 heterocycles. The molecular weight excluding hydrogens is 334 g/mol. The summed E-state index contributed by atoms with van der Waals surface area (Å²) in [5.74, 6) is -0.527. The van der Waals surface area contributed by atoms with Crippen molar-refractivity contribution in [2.45, 2.75) is 24.3 Å². The molecule has 1 N–H and O–H groups in total. The number of carbonyl (C=O) groups is 1. The van der Waals surface area contributed by atoms with Gasteiger partial charge in [0.25, 0.3) is 0 Å². The Hall–Kier alpha value is -1.85. The fourth-order valence-corrected chi connectivity index (χ4v) is 3.49. The van der Waals surface area contributed by atoms with E-state index in [0.717, 1.165) is 5.56 Å². The SMILES string of the molecule is CC(NC(=O)CCS(=O)(=O)c1ccc(Cl)cc1)c1ccccc1. The average Bonchev–Trinajstić information content (AvgIpc) is 2.54. The predicted molar refractivity (Wildman–Crippen MR) is 91.1 cm³/mol. The lowest BCUT2D eigenvalue weighted by molar-refractivity contribution is -0.121. The Bertz CT molecular complexity index is 758. The first-order valence-corrected chi connectivity index (χ1v) is 9.24. The van der Waals surface area contributed by atoms with Crippen LogP contribution in [0.3, 0.4) is 0 Å². The molecule has 0 saturated heterocycles. The number of halogens is 1. The molecule has 2 aromatic carbocycles. The number of hydrogen-bond donors (Lipinski definition) is 1. The molecule has 4 nitrogen and oxygen atoms in total. The molecule has 0 aliphatic carbocycles. The van der Waals surface area contributed by atoms with Crippen molar-refractivity contribution in [2.24, 2.45) is 0 Å². The zero-order chi connectivity index (χ0) is 16.9. The lowest BCUT2D eigenvalue weighted by Gasteiger charge is -2.14. The number of rotatable bonds is 6. The van der Waals surface area contributed by atoms with Crippen LogP contribution >= 0.6 is 11.6 Å². The summed E-state index contributed by atoms with van der Waals surface area (Å²) in [4.78, 5) is 12.1. The molecule has 0 aliphatic heterocycles. The van der Waals surface area contributed by atoms with Gasteiger partial charge in [0.05, 0.1) is 16.7 Å². The summed E-state index contributed by atoms with van der Waals surface area (Å²) >= 11 is 5.75. The van der Waals surface area contributed by atoms with Crippen molar-refractivity contribution in [3.63, 3.8) is 0 Å². The normalized spacial score (nSPS) is 12.6. The van der Waals surface area contributed by atoms with E-state index in [2.05, 4.69) is 5.32 Å². The third-order valence-corrected chi connectivity index (χ3v) is 5.43. The average molecular weight is 352 g/mol. The van der Waals surface area contributed by atoms with Crippen LogP contribution in [0.1, 0.15) is 24.9 Å². The van der Waals surface area contributed by atoms with Gasteiger partial charge in [-0.2, -0.15) is 0 Å². The second-order valence-electron chi connectivity index (χ2n) is 5.22. The second-order valence-corrected chi connectivity index (χ2v) is 7.77. The molecule has 1 unspecified atom stereocenters. The number of sulfone groups is 1. The van der Waals surface area contributed by atoms with Gasteiger partial charge in [-0.1, -0.05) is 41.9 Å². The second kappa shape index (κ2) is 7.62. The number of nitrogens with one attached hydrogen (secondary N) is 1. The summed E-state index contributed by atoms with van der Waals surface area (Å²) in [6.45, 7) is 1.86. The highest BCUT2D eigenvalue weighted by atomic mass is 35.5. The van der Waals surface area contributed by atoms with Crippen LogP contribution in [0, 0.1) is 0 Å². The van der Waals surface area contributed by atoms with Gasteiger partial charge in [0.15, 0.2) is 9.84 Å². The number of amides is 1. The fraction of sp³-hybridized carbons (Fsp3) is 0.235. The Labute approximate surface area is 141 Å². The van der Waals surface area contributed by atoms with E-state index in [1.807, 2.05) is 37.3 Å². The number of carbonyl (C=O) groups excluding carboxylic acids is 1. The largest absolute Gasteiger partial charge is 0.350 e. The van der Waals surface area contributed by atoms with Crippen LogP contribution in [0.4, 0.5) is 0 Å². The molecule has 122 valence electrons. The molecule has 0 aliphatic rings. The van der Waals surface area contributed by atoms with E-state index in [1.54, 1.807) is 0 Å². The zero-order valence-electron chi connectivity index (χ0n) is 12.7. The summed E-state index contributed by atoms with van der Waals surface area (Å²) in [5, 5.41) is 3.28. The molecule has 0 spiro atoms. The van der Waals surface area contributed by atoms with Crippen LogP contribution in [0.2, 0.25) is 5.02 Å². The Balaban J connectivity index is 1.92. The minimum atomic E-state index is -3.49. The lowest BCUT2D eigenvalue weighted by atomic mass is 10.1. The molecule has 2 rings (SSSR count). The maximum Gasteiger partial charge on any atom is 0.221 e. The van der Waals surface area contributed by atoms with E-state index >= 15 is 0 Å². The maximum atomic E-state index is 12.2. The van der Waals surface area contributed by atoms with Crippen molar-refractivity contribution in [3.8, 4) is 0 Å². The van der Waals surface area contributed by atoms with E-state index in [-0.39, 0.29) is 29.0 Å². The minimum absolute atomic E-state index is 0.0812. The molecule has 0 radical (unpaired) electrons. The van der Waals surface area contributed by atoms with Crippen LogP contribution in [0.5, 0.6) is 0 Å². The Morgan fingerprint density at radius 2 is 1.70 bits per heavy atom. The Morgan fingerprint density at radius 1 is 1.09 bits per heavy atom. The van der Waals surface area contributed by atoms with Crippen LogP contribution in [0.15, 0.2) is 59.5 Å². The van der Waals surface area contributed by atoms with Gasteiger partial charge in [0, 0.05) is 11.4 Å². The van der Waals surface area contributed by atoms with Gasteiger partial charge < -0.3 is 5.32 Å². The summed E-state index contributed by atoms with van der Waals surface area (Å²) in [5.41, 5.74) is 0.974. The summed E-state index contributed by atoms with van der Waals surface area (Å²) in [6, 6.07) is 15.3. The van der Waals surface area contributed by atoms with Gasteiger partial charge in [-0.05, 0) is 36.8 Å². The summed E-state index contributed by atoms with van der Waals surface area (Å²) < 4.78 is 24.4. The summed E-state index contributed by atoms with van der Waals surface area (Å²) in [6.07, 6.45) is -0.0812. The quantitative estimate of drug-likeness (QED) is 0.867. The van der Waals surface area contributed by atoms with Crippen molar-refractivity contribution in [1.29, 1.82) is 0 Å². The highest BCUT2D eigenvalue weighted by Crippen LogP contribution is 2.16. The van der Waals surface area contributed by atoms with Gasteiger partial charge in [-0.25, -0.2) is 8.42 Å². The van der Waals surface area contributed by atoms with Crippen LogP contribution in [-0.2, 0) is 14.6 Å². The molecule has 23 heavy (non-hydrogen) atoms. The third kappa shape index (κ3) is 5.08. The molecule has 6 heteroatoms. The van der Waals surface area contributed by atoms with E-state index in [4.69, 9.17) is 11.6 Å². The molecule has 0 saturated carbocycles. The lowest BCUT2D eigenvalue weighted by Crippen LogP contribution is -2.28. The van der Waals surface area contributed by atoms with Crippen molar-refractivity contribution in [3.05, 3.63) is 65.2 Å².